The summed E-state index contributed by atoms with van der Waals surface area (Å²) in [6.07, 6.45) is 3.41. The SMILES string of the molecule is O=C(c1ccc(CS(=O)(=O)c2ccc(Cl)cc2)cc1)N1CCN(c2ncccn2)CC1. The zero-order chi connectivity index (χ0) is 21.8. The Balaban J connectivity index is 1.38. The van der Waals surface area contributed by atoms with Crippen molar-refractivity contribution < 1.29 is 13.2 Å². The van der Waals surface area contributed by atoms with Gasteiger partial charge < -0.3 is 9.80 Å². The van der Waals surface area contributed by atoms with Gasteiger partial charge in [0.25, 0.3) is 5.91 Å². The van der Waals surface area contributed by atoms with Crippen LogP contribution in [0.4, 0.5) is 5.95 Å². The van der Waals surface area contributed by atoms with Crippen molar-refractivity contribution in [3.63, 3.8) is 0 Å². The topological polar surface area (TPSA) is 83.5 Å². The van der Waals surface area contributed by atoms with E-state index in [1.54, 1.807) is 59.8 Å². The fourth-order valence-corrected chi connectivity index (χ4v) is 4.91. The first kappa shape index (κ1) is 21.3. The fraction of sp³-hybridized carbons (Fsp3) is 0.227. The van der Waals surface area contributed by atoms with E-state index >= 15 is 0 Å². The van der Waals surface area contributed by atoms with Gasteiger partial charge in [-0.2, -0.15) is 0 Å². The Hall–Kier alpha value is -2.97. The van der Waals surface area contributed by atoms with Crippen molar-refractivity contribution in [3.8, 4) is 0 Å². The number of amides is 1. The monoisotopic (exact) mass is 456 g/mol. The summed E-state index contributed by atoms with van der Waals surface area (Å²) in [4.78, 5) is 25.4. The third-order valence-corrected chi connectivity index (χ3v) is 7.09. The second-order valence-electron chi connectivity index (χ2n) is 7.24. The molecule has 4 rings (SSSR count). The van der Waals surface area contributed by atoms with Crippen LogP contribution in [0.25, 0.3) is 0 Å². The number of carbonyl (C=O) groups excluding carboxylic acids is 1. The van der Waals surface area contributed by atoms with Crippen molar-refractivity contribution in [1.29, 1.82) is 0 Å². The standard InChI is InChI=1S/C22H21ClN4O3S/c23-19-6-8-20(9-7-19)31(29,30)16-17-2-4-18(5-3-17)21(28)26-12-14-27(15-13-26)22-24-10-1-11-25-22/h1-11H,12-16H2. The van der Waals surface area contributed by atoms with Crippen LogP contribution in [0, 0.1) is 0 Å². The second-order valence-corrected chi connectivity index (χ2v) is 9.66. The first-order chi connectivity index (χ1) is 14.9. The van der Waals surface area contributed by atoms with Gasteiger partial charge in [-0.1, -0.05) is 23.7 Å². The van der Waals surface area contributed by atoms with Gasteiger partial charge >= 0.3 is 0 Å². The van der Waals surface area contributed by atoms with Crippen LogP contribution in [0.5, 0.6) is 0 Å². The van der Waals surface area contributed by atoms with Crippen molar-refractivity contribution in [3.05, 3.63) is 83.1 Å². The van der Waals surface area contributed by atoms with Crippen LogP contribution < -0.4 is 4.90 Å². The molecule has 1 aliphatic heterocycles. The van der Waals surface area contributed by atoms with Crippen molar-refractivity contribution in [1.82, 2.24) is 14.9 Å². The zero-order valence-electron chi connectivity index (χ0n) is 16.7. The number of hydrogen-bond donors (Lipinski definition) is 0. The molecule has 1 saturated heterocycles. The number of anilines is 1. The molecule has 0 saturated carbocycles. The molecule has 1 aromatic heterocycles. The molecule has 1 amide bonds. The van der Waals surface area contributed by atoms with Gasteiger partial charge in [-0.25, -0.2) is 18.4 Å². The van der Waals surface area contributed by atoms with Gasteiger partial charge in [-0.05, 0) is 48.0 Å². The van der Waals surface area contributed by atoms with E-state index in [0.717, 1.165) is 0 Å². The van der Waals surface area contributed by atoms with E-state index < -0.39 is 9.84 Å². The molecule has 0 N–H and O–H groups in total. The number of benzene rings is 2. The molecule has 2 heterocycles. The molecule has 0 radical (unpaired) electrons. The summed E-state index contributed by atoms with van der Waals surface area (Å²) in [5, 5.41) is 0.485. The predicted octanol–water partition coefficient (Wildman–Crippen LogP) is 3.07. The smallest absolute Gasteiger partial charge is 0.253 e. The Morgan fingerprint density at radius 2 is 1.52 bits per heavy atom. The first-order valence-electron chi connectivity index (χ1n) is 9.81. The maximum absolute atomic E-state index is 12.8. The molecule has 0 atom stereocenters. The Bertz CT molecular complexity index is 1150. The minimum Gasteiger partial charge on any atom is -0.337 e. The average Bonchev–Trinajstić information content (AvgIpc) is 2.80. The average molecular weight is 457 g/mol. The van der Waals surface area contributed by atoms with Crippen molar-refractivity contribution in [2.75, 3.05) is 31.1 Å². The van der Waals surface area contributed by atoms with Gasteiger partial charge in [0.1, 0.15) is 0 Å². The van der Waals surface area contributed by atoms with E-state index in [-0.39, 0.29) is 16.6 Å². The van der Waals surface area contributed by atoms with Crippen LogP contribution in [0.2, 0.25) is 5.02 Å². The molecule has 31 heavy (non-hydrogen) atoms. The molecule has 1 fully saturated rings. The van der Waals surface area contributed by atoms with Gasteiger partial charge in [-0.3, -0.25) is 4.79 Å². The summed E-state index contributed by atoms with van der Waals surface area (Å²) < 4.78 is 25.2. The quantitative estimate of drug-likeness (QED) is 0.586. The van der Waals surface area contributed by atoms with E-state index in [4.69, 9.17) is 11.6 Å². The van der Waals surface area contributed by atoms with Crippen LogP contribution in [0.15, 0.2) is 71.9 Å². The minimum absolute atomic E-state index is 0.0688. The van der Waals surface area contributed by atoms with Crippen molar-refractivity contribution in [2.24, 2.45) is 0 Å². The van der Waals surface area contributed by atoms with Crippen LogP contribution in [-0.2, 0) is 15.6 Å². The van der Waals surface area contributed by atoms with Gasteiger partial charge in [0.2, 0.25) is 5.95 Å². The number of carbonyl (C=O) groups is 1. The van der Waals surface area contributed by atoms with Gasteiger partial charge in [0.05, 0.1) is 10.6 Å². The molecule has 3 aromatic rings. The summed E-state index contributed by atoms with van der Waals surface area (Å²) in [7, 11) is -3.49. The van der Waals surface area contributed by atoms with E-state index in [1.165, 1.54) is 12.1 Å². The zero-order valence-corrected chi connectivity index (χ0v) is 18.3. The fourth-order valence-electron chi connectivity index (χ4n) is 3.43. The van der Waals surface area contributed by atoms with Crippen molar-refractivity contribution in [2.45, 2.75) is 10.6 Å². The Kier molecular flexibility index (Phi) is 6.20. The van der Waals surface area contributed by atoms with Crippen LogP contribution in [0.3, 0.4) is 0 Å². The Labute approximate surface area is 186 Å². The summed E-state index contributed by atoms with van der Waals surface area (Å²) in [5.74, 6) is 0.459. The lowest BCUT2D eigenvalue weighted by atomic mass is 10.1. The molecule has 0 unspecified atom stereocenters. The molecule has 9 heteroatoms. The number of sulfone groups is 1. The maximum atomic E-state index is 12.8. The number of halogens is 1. The van der Waals surface area contributed by atoms with E-state index in [0.29, 0.717) is 48.3 Å². The third-order valence-electron chi connectivity index (χ3n) is 5.13. The largest absolute Gasteiger partial charge is 0.337 e. The highest BCUT2D eigenvalue weighted by Gasteiger charge is 2.23. The first-order valence-corrected chi connectivity index (χ1v) is 11.8. The molecule has 2 aromatic carbocycles. The van der Waals surface area contributed by atoms with Crippen LogP contribution in [0.1, 0.15) is 15.9 Å². The molecular weight excluding hydrogens is 436 g/mol. The highest BCUT2D eigenvalue weighted by atomic mass is 35.5. The number of rotatable bonds is 5. The number of aromatic nitrogens is 2. The molecule has 0 spiro atoms. The highest BCUT2D eigenvalue weighted by molar-refractivity contribution is 7.90. The summed E-state index contributed by atoms with van der Waals surface area (Å²) >= 11 is 5.83. The molecule has 0 bridgehead atoms. The van der Waals surface area contributed by atoms with E-state index in [1.807, 2.05) is 0 Å². The van der Waals surface area contributed by atoms with Gasteiger partial charge in [0.15, 0.2) is 9.84 Å². The predicted molar refractivity (Wildman–Crippen MR) is 119 cm³/mol. The molecule has 7 nitrogen and oxygen atoms in total. The number of piperazine rings is 1. The molecule has 1 aliphatic rings. The van der Waals surface area contributed by atoms with Crippen molar-refractivity contribution >= 4 is 33.3 Å². The molecule has 0 aliphatic carbocycles. The minimum atomic E-state index is -3.49. The van der Waals surface area contributed by atoms with E-state index in [9.17, 15) is 13.2 Å². The lowest BCUT2D eigenvalue weighted by molar-refractivity contribution is 0.0746. The number of hydrogen-bond acceptors (Lipinski definition) is 6. The summed E-state index contributed by atoms with van der Waals surface area (Å²) in [6, 6.07) is 14.6. The summed E-state index contributed by atoms with van der Waals surface area (Å²) in [5.41, 5.74) is 1.16. The normalized spacial score (nSPS) is 14.5. The summed E-state index contributed by atoms with van der Waals surface area (Å²) in [6.45, 7) is 2.47. The third kappa shape index (κ3) is 5.03. The lowest BCUT2D eigenvalue weighted by Gasteiger charge is -2.34. The second kappa shape index (κ2) is 9.03. The highest BCUT2D eigenvalue weighted by Crippen LogP contribution is 2.20. The van der Waals surface area contributed by atoms with E-state index in [2.05, 4.69) is 14.9 Å². The van der Waals surface area contributed by atoms with Crippen LogP contribution >= 0.6 is 11.6 Å². The van der Waals surface area contributed by atoms with Crippen LogP contribution in [-0.4, -0.2) is 55.4 Å². The van der Waals surface area contributed by atoms with Gasteiger partial charge in [-0.15, -0.1) is 0 Å². The lowest BCUT2D eigenvalue weighted by Crippen LogP contribution is -2.49. The maximum Gasteiger partial charge on any atom is 0.253 e. The Morgan fingerprint density at radius 3 is 2.13 bits per heavy atom. The molecular formula is C22H21ClN4O3S. The Morgan fingerprint density at radius 1 is 0.903 bits per heavy atom. The number of nitrogens with zero attached hydrogens (tertiary/aromatic N) is 4. The molecule has 160 valence electrons. The van der Waals surface area contributed by atoms with Gasteiger partial charge in [0, 0.05) is 49.2 Å².